The van der Waals surface area contributed by atoms with Gasteiger partial charge in [-0.2, -0.15) is 13.2 Å². The number of piperidine rings is 1. The first-order valence-electron chi connectivity index (χ1n) is 12.5. The average molecular weight is 525 g/mol. The van der Waals surface area contributed by atoms with Crippen LogP contribution in [0.3, 0.4) is 0 Å². The third kappa shape index (κ3) is 4.14. The van der Waals surface area contributed by atoms with Crippen LogP contribution < -0.4 is 4.72 Å². The summed E-state index contributed by atoms with van der Waals surface area (Å²) in [4.78, 5) is 17.5. The second-order valence-electron chi connectivity index (χ2n) is 10.4. The number of aromatic nitrogens is 1. The Hall–Kier alpha value is -2.37. The van der Waals surface area contributed by atoms with Crippen molar-refractivity contribution in [2.75, 3.05) is 19.6 Å². The van der Waals surface area contributed by atoms with Crippen LogP contribution in [0.4, 0.5) is 13.2 Å². The largest absolute Gasteiger partial charge is 0.431 e. The highest BCUT2D eigenvalue weighted by molar-refractivity contribution is 7.89. The van der Waals surface area contributed by atoms with Gasteiger partial charge in [0.05, 0.1) is 10.4 Å². The summed E-state index contributed by atoms with van der Waals surface area (Å²) >= 11 is 0. The predicted octanol–water partition coefficient (Wildman–Crippen LogP) is 3.80. The summed E-state index contributed by atoms with van der Waals surface area (Å²) in [5.74, 6) is -0.191. The Morgan fingerprint density at radius 3 is 2.19 bits per heavy atom. The van der Waals surface area contributed by atoms with Gasteiger partial charge in [0, 0.05) is 50.9 Å². The SMILES string of the molecule is O=C(c1ccc(S(=O)(=O)NC2CC2)cc1)N1CCC2(CC1)c1ccc(C(F)(F)F)n1CCN2C1CC1.[HH]. The van der Waals surface area contributed by atoms with E-state index in [1.165, 1.54) is 34.9 Å². The van der Waals surface area contributed by atoms with Gasteiger partial charge in [-0.3, -0.25) is 9.69 Å². The molecule has 3 heterocycles. The minimum Gasteiger partial charge on any atom is -0.338 e. The van der Waals surface area contributed by atoms with Gasteiger partial charge in [-0.1, -0.05) is 0 Å². The van der Waals surface area contributed by atoms with E-state index in [9.17, 15) is 26.4 Å². The number of alkyl halides is 3. The molecule has 1 saturated heterocycles. The van der Waals surface area contributed by atoms with Crippen molar-refractivity contribution in [1.29, 1.82) is 0 Å². The van der Waals surface area contributed by atoms with Crippen molar-refractivity contribution >= 4 is 15.9 Å². The number of likely N-dealkylation sites (tertiary alicyclic amines) is 1. The number of hydrogen-bond acceptors (Lipinski definition) is 4. The number of benzene rings is 1. The number of sulfonamides is 1. The van der Waals surface area contributed by atoms with Gasteiger partial charge in [-0.15, -0.1) is 0 Å². The number of halogens is 3. The number of nitrogens with one attached hydrogen (secondary N) is 1. The molecule has 11 heteroatoms. The topological polar surface area (TPSA) is 74.6 Å². The van der Waals surface area contributed by atoms with E-state index in [-0.39, 0.29) is 18.3 Å². The number of carbonyl (C=O) groups is 1. The molecule has 1 aromatic heterocycles. The molecule has 1 aromatic carbocycles. The van der Waals surface area contributed by atoms with Crippen LogP contribution in [0.5, 0.6) is 0 Å². The molecule has 4 aliphatic rings. The first kappa shape index (κ1) is 24.0. The van der Waals surface area contributed by atoms with Crippen molar-refractivity contribution in [2.24, 2.45) is 0 Å². The van der Waals surface area contributed by atoms with Gasteiger partial charge in [-0.05, 0) is 74.9 Å². The van der Waals surface area contributed by atoms with E-state index in [0.717, 1.165) is 25.7 Å². The second kappa shape index (κ2) is 8.32. The molecule has 0 unspecified atom stereocenters. The molecule has 0 radical (unpaired) electrons. The fraction of sp³-hybridized carbons (Fsp3) is 0.560. The van der Waals surface area contributed by atoms with Crippen molar-refractivity contribution in [3.63, 3.8) is 0 Å². The highest BCUT2D eigenvalue weighted by atomic mass is 32.2. The van der Waals surface area contributed by atoms with E-state index >= 15 is 0 Å². The molecule has 36 heavy (non-hydrogen) atoms. The van der Waals surface area contributed by atoms with E-state index in [0.29, 0.717) is 56.3 Å². The fourth-order valence-corrected chi connectivity index (χ4v) is 7.23. The van der Waals surface area contributed by atoms with E-state index in [4.69, 9.17) is 0 Å². The van der Waals surface area contributed by atoms with Gasteiger partial charge in [0.25, 0.3) is 5.91 Å². The van der Waals surface area contributed by atoms with Crippen molar-refractivity contribution in [3.8, 4) is 0 Å². The molecular formula is C25H31F3N4O3S. The second-order valence-corrected chi connectivity index (χ2v) is 12.1. The maximum absolute atomic E-state index is 13.6. The molecular weight excluding hydrogens is 493 g/mol. The lowest BCUT2D eigenvalue weighted by atomic mass is 9.80. The Balaban J connectivity index is 0.00000280. The normalized spacial score (nSPS) is 22.6. The van der Waals surface area contributed by atoms with Crippen molar-refractivity contribution < 1.29 is 27.8 Å². The predicted molar refractivity (Wildman–Crippen MR) is 128 cm³/mol. The van der Waals surface area contributed by atoms with Crippen LogP contribution >= 0.6 is 0 Å². The van der Waals surface area contributed by atoms with Crippen LogP contribution in [0.2, 0.25) is 0 Å². The quantitative estimate of drug-likeness (QED) is 0.646. The van der Waals surface area contributed by atoms with Crippen molar-refractivity contribution in [3.05, 3.63) is 53.3 Å². The zero-order chi connectivity index (χ0) is 25.3. The van der Waals surface area contributed by atoms with Crippen LogP contribution in [-0.2, 0) is 28.3 Å². The molecule has 2 saturated carbocycles. The monoisotopic (exact) mass is 524 g/mol. The molecule has 0 atom stereocenters. The van der Waals surface area contributed by atoms with E-state index in [1.807, 2.05) is 0 Å². The van der Waals surface area contributed by atoms with Gasteiger partial charge in [0.2, 0.25) is 10.0 Å². The minimum absolute atomic E-state index is 0. The number of fused-ring (bicyclic) bond motifs is 2. The fourth-order valence-electron chi connectivity index (χ4n) is 5.92. The maximum Gasteiger partial charge on any atom is 0.431 e. The Morgan fingerprint density at radius 1 is 0.944 bits per heavy atom. The molecule has 196 valence electrons. The first-order chi connectivity index (χ1) is 17.1. The van der Waals surface area contributed by atoms with Crippen LogP contribution in [0.1, 0.15) is 61.7 Å². The summed E-state index contributed by atoms with van der Waals surface area (Å²) in [7, 11) is -3.59. The molecule has 6 rings (SSSR count). The highest BCUT2D eigenvalue weighted by Gasteiger charge is 2.52. The summed E-state index contributed by atoms with van der Waals surface area (Å²) in [6.07, 6.45) is 0.526. The van der Waals surface area contributed by atoms with Crippen LogP contribution in [0, 0.1) is 0 Å². The van der Waals surface area contributed by atoms with Gasteiger partial charge in [0.1, 0.15) is 5.69 Å². The van der Waals surface area contributed by atoms with Gasteiger partial charge >= 0.3 is 6.18 Å². The zero-order valence-electron chi connectivity index (χ0n) is 19.8. The number of hydrogen-bond donors (Lipinski definition) is 1. The first-order valence-corrected chi connectivity index (χ1v) is 14.0. The molecule has 0 bridgehead atoms. The highest BCUT2D eigenvalue weighted by Crippen LogP contribution is 2.48. The standard InChI is InChI=1S/C25H29F3N4O3S.H2/c26-25(27,28)22-10-9-21-24(32(19-5-6-19)16-15-31(21)22)11-13-30(14-12-24)23(33)17-1-7-20(8-2-17)36(34,35)29-18-3-4-18;/h1-2,7-10,18-19,29H,3-6,11-16H2;1H. The number of carbonyl (C=O) groups excluding carboxylic acids is 1. The summed E-state index contributed by atoms with van der Waals surface area (Å²) in [6, 6.07) is 9.18. The lowest BCUT2D eigenvalue weighted by Crippen LogP contribution is -2.58. The van der Waals surface area contributed by atoms with E-state index in [2.05, 4.69) is 9.62 Å². The van der Waals surface area contributed by atoms with E-state index < -0.39 is 27.4 Å². The maximum atomic E-state index is 13.6. The molecule has 2 aliphatic carbocycles. The van der Waals surface area contributed by atoms with Crippen molar-refractivity contribution in [1.82, 2.24) is 19.1 Å². The summed E-state index contributed by atoms with van der Waals surface area (Å²) < 4.78 is 69.8. The average Bonchev–Trinajstić information content (AvgIpc) is 3.78. The van der Waals surface area contributed by atoms with Crippen LogP contribution in [0.15, 0.2) is 41.3 Å². The molecule has 1 spiro atoms. The number of rotatable bonds is 5. The Kier molecular flexibility index (Phi) is 5.55. The van der Waals surface area contributed by atoms with E-state index in [1.54, 1.807) is 11.0 Å². The van der Waals surface area contributed by atoms with Gasteiger partial charge in [-0.25, -0.2) is 13.1 Å². The summed E-state index contributed by atoms with van der Waals surface area (Å²) in [5.41, 5.74) is 0.00291. The smallest absolute Gasteiger partial charge is 0.338 e. The number of nitrogens with zero attached hydrogens (tertiary/aromatic N) is 3. The molecule has 1 N–H and O–H groups in total. The Labute approximate surface area is 209 Å². The van der Waals surface area contributed by atoms with Crippen LogP contribution in [-0.4, -0.2) is 60.4 Å². The summed E-state index contributed by atoms with van der Waals surface area (Å²) in [5, 5.41) is 0. The lowest BCUT2D eigenvalue weighted by molar-refractivity contribution is -0.145. The Morgan fingerprint density at radius 2 is 1.61 bits per heavy atom. The van der Waals surface area contributed by atoms with Gasteiger partial charge < -0.3 is 9.47 Å². The van der Waals surface area contributed by atoms with Crippen molar-refractivity contribution in [2.45, 2.75) is 73.8 Å². The van der Waals surface area contributed by atoms with Crippen LogP contribution in [0.25, 0.3) is 0 Å². The third-order valence-corrected chi connectivity index (χ3v) is 9.57. The molecule has 3 fully saturated rings. The zero-order valence-corrected chi connectivity index (χ0v) is 20.6. The molecule has 2 aromatic rings. The Bertz CT molecular complexity index is 1280. The number of amides is 1. The lowest BCUT2D eigenvalue weighted by Gasteiger charge is -2.52. The minimum atomic E-state index is -4.40. The third-order valence-electron chi connectivity index (χ3n) is 8.04. The molecule has 2 aliphatic heterocycles. The molecule has 7 nitrogen and oxygen atoms in total. The molecule has 1 amide bonds. The van der Waals surface area contributed by atoms with Gasteiger partial charge in [0.15, 0.2) is 0 Å². The summed E-state index contributed by atoms with van der Waals surface area (Å²) in [6.45, 7) is 1.76.